The molecule has 25 heavy (non-hydrogen) atoms. The summed E-state index contributed by atoms with van der Waals surface area (Å²) >= 11 is 13.3. The second-order valence-corrected chi connectivity index (χ2v) is 6.92. The molecule has 0 bridgehead atoms. The summed E-state index contributed by atoms with van der Waals surface area (Å²) in [7, 11) is 0. The summed E-state index contributed by atoms with van der Waals surface area (Å²) in [6.45, 7) is 2.45. The molecule has 1 aliphatic rings. The molecule has 3 rings (SSSR count). The molecular formula is C18H14Cl2N2O2S. The van der Waals surface area contributed by atoms with Crippen LogP contribution in [0.4, 0.5) is 5.69 Å². The Bertz CT molecular complexity index is 881. The number of aliphatic imine (C=N–C) groups is 1. The van der Waals surface area contributed by atoms with Gasteiger partial charge in [-0.25, -0.2) is 4.99 Å². The molecule has 1 heterocycles. The Morgan fingerprint density at radius 2 is 2.04 bits per heavy atom. The Morgan fingerprint density at radius 3 is 2.80 bits per heavy atom. The minimum atomic E-state index is -0.219. The molecule has 7 heteroatoms. The highest BCUT2D eigenvalue weighted by Crippen LogP contribution is 2.33. The van der Waals surface area contributed by atoms with Gasteiger partial charge in [0.25, 0.3) is 5.91 Å². The van der Waals surface area contributed by atoms with Crippen LogP contribution in [-0.4, -0.2) is 17.7 Å². The van der Waals surface area contributed by atoms with E-state index in [4.69, 9.17) is 27.9 Å². The molecule has 0 saturated carbocycles. The Hall–Kier alpha value is -1.95. The van der Waals surface area contributed by atoms with E-state index in [1.165, 1.54) is 11.8 Å². The first kappa shape index (κ1) is 17.9. The van der Waals surface area contributed by atoms with E-state index in [0.29, 0.717) is 38.2 Å². The number of hydrogen-bond donors (Lipinski definition) is 1. The van der Waals surface area contributed by atoms with Crippen LogP contribution >= 0.6 is 35.0 Å². The van der Waals surface area contributed by atoms with Crippen molar-refractivity contribution in [1.82, 2.24) is 5.32 Å². The average molecular weight is 393 g/mol. The van der Waals surface area contributed by atoms with Gasteiger partial charge in [-0.2, -0.15) is 0 Å². The lowest BCUT2D eigenvalue weighted by Gasteiger charge is -2.06. The number of amides is 1. The lowest BCUT2D eigenvalue weighted by molar-refractivity contribution is -0.115. The summed E-state index contributed by atoms with van der Waals surface area (Å²) in [6.07, 6.45) is 1.72. The molecule has 0 unspecified atom stereocenters. The fourth-order valence-corrected chi connectivity index (χ4v) is 3.47. The molecule has 4 nitrogen and oxygen atoms in total. The standard InChI is InChI=1S/C18H14Cl2N2O2S/c1-2-24-15-6-4-3-5-14(15)21-18-22-17(23)16(25-18)9-11-7-8-12(19)10-13(11)20/h3-10H,2H2,1H3,(H,21,22,23). The molecule has 2 aromatic carbocycles. The van der Waals surface area contributed by atoms with Gasteiger partial charge in [-0.3, -0.25) is 4.79 Å². The van der Waals surface area contributed by atoms with Crippen LogP contribution in [0.3, 0.4) is 0 Å². The number of nitrogens with one attached hydrogen (secondary N) is 1. The van der Waals surface area contributed by atoms with Gasteiger partial charge < -0.3 is 10.1 Å². The van der Waals surface area contributed by atoms with E-state index in [9.17, 15) is 4.79 Å². The van der Waals surface area contributed by atoms with E-state index in [2.05, 4.69) is 10.3 Å². The number of rotatable bonds is 4. The molecule has 1 saturated heterocycles. The van der Waals surface area contributed by atoms with Crippen molar-refractivity contribution in [3.63, 3.8) is 0 Å². The van der Waals surface area contributed by atoms with Crippen molar-refractivity contribution in [1.29, 1.82) is 0 Å². The van der Waals surface area contributed by atoms with Crippen LogP contribution in [0.15, 0.2) is 52.4 Å². The number of hydrogen-bond acceptors (Lipinski definition) is 4. The lowest BCUT2D eigenvalue weighted by atomic mass is 10.2. The minimum absolute atomic E-state index is 0.219. The van der Waals surface area contributed by atoms with Crippen LogP contribution in [0.25, 0.3) is 6.08 Å². The Labute approximate surface area is 159 Å². The number of ether oxygens (including phenoxy) is 1. The second kappa shape index (κ2) is 7.95. The van der Waals surface area contributed by atoms with Crippen LogP contribution in [0.5, 0.6) is 5.75 Å². The number of nitrogens with zero attached hydrogens (tertiary/aromatic N) is 1. The first-order valence-electron chi connectivity index (χ1n) is 7.53. The maximum atomic E-state index is 12.2. The quantitative estimate of drug-likeness (QED) is 0.719. The largest absolute Gasteiger partial charge is 0.492 e. The van der Waals surface area contributed by atoms with Crippen molar-refractivity contribution < 1.29 is 9.53 Å². The van der Waals surface area contributed by atoms with Crippen molar-refractivity contribution >= 4 is 57.8 Å². The van der Waals surface area contributed by atoms with Crippen LogP contribution in [-0.2, 0) is 4.79 Å². The molecule has 1 fully saturated rings. The van der Waals surface area contributed by atoms with Crippen LogP contribution in [0.1, 0.15) is 12.5 Å². The summed E-state index contributed by atoms with van der Waals surface area (Å²) < 4.78 is 5.55. The molecule has 2 aromatic rings. The van der Waals surface area contributed by atoms with Gasteiger partial charge in [0.15, 0.2) is 5.17 Å². The van der Waals surface area contributed by atoms with Gasteiger partial charge in [0.05, 0.1) is 11.5 Å². The van der Waals surface area contributed by atoms with E-state index in [1.807, 2.05) is 31.2 Å². The van der Waals surface area contributed by atoms with Gasteiger partial charge in [-0.05, 0) is 54.6 Å². The van der Waals surface area contributed by atoms with E-state index in [0.717, 1.165) is 5.56 Å². The number of carbonyl (C=O) groups is 1. The van der Waals surface area contributed by atoms with Crippen molar-refractivity contribution in [3.8, 4) is 5.75 Å². The predicted molar refractivity (Wildman–Crippen MR) is 105 cm³/mol. The monoisotopic (exact) mass is 392 g/mol. The van der Waals surface area contributed by atoms with Gasteiger partial charge in [0, 0.05) is 10.0 Å². The van der Waals surface area contributed by atoms with Crippen LogP contribution in [0, 0.1) is 0 Å². The van der Waals surface area contributed by atoms with Gasteiger partial charge in [0.1, 0.15) is 11.4 Å². The highest BCUT2D eigenvalue weighted by Gasteiger charge is 2.24. The number of para-hydroxylation sites is 2. The number of carbonyl (C=O) groups excluding carboxylic acids is 1. The molecule has 128 valence electrons. The van der Waals surface area contributed by atoms with Crippen molar-refractivity contribution in [2.45, 2.75) is 6.92 Å². The van der Waals surface area contributed by atoms with Crippen molar-refractivity contribution in [2.24, 2.45) is 4.99 Å². The third-order valence-electron chi connectivity index (χ3n) is 3.29. The summed E-state index contributed by atoms with van der Waals surface area (Å²) in [4.78, 5) is 17.2. The number of amidine groups is 1. The molecule has 1 N–H and O–H groups in total. The molecule has 0 radical (unpaired) electrons. The number of halogens is 2. The molecule has 0 aliphatic carbocycles. The molecular weight excluding hydrogens is 379 g/mol. The first-order valence-corrected chi connectivity index (χ1v) is 9.10. The molecule has 1 amide bonds. The van der Waals surface area contributed by atoms with Gasteiger partial charge >= 0.3 is 0 Å². The highest BCUT2D eigenvalue weighted by atomic mass is 35.5. The first-order chi connectivity index (χ1) is 12.1. The Morgan fingerprint density at radius 1 is 1.24 bits per heavy atom. The van der Waals surface area contributed by atoms with E-state index >= 15 is 0 Å². The summed E-state index contributed by atoms with van der Waals surface area (Å²) in [5, 5.41) is 4.28. The van der Waals surface area contributed by atoms with Gasteiger partial charge in [-0.1, -0.05) is 41.4 Å². The zero-order valence-electron chi connectivity index (χ0n) is 13.3. The molecule has 0 aromatic heterocycles. The van der Waals surface area contributed by atoms with Gasteiger partial charge in [-0.15, -0.1) is 0 Å². The minimum Gasteiger partial charge on any atom is -0.492 e. The second-order valence-electron chi connectivity index (χ2n) is 5.05. The van der Waals surface area contributed by atoms with E-state index in [1.54, 1.807) is 24.3 Å². The number of thioether (sulfide) groups is 1. The third kappa shape index (κ3) is 4.37. The fraction of sp³-hybridized carbons (Fsp3) is 0.111. The van der Waals surface area contributed by atoms with Crippen molar-refractivity contribution in [2.75, 3.05) is 6.61 Å². The summed E-state index contributed by atoms with van der Waals surface area (Å²) in [5.41, 5.74) is 1.39. The molecule has 0 atom stereocenters. The number of benzene rings is 2. The summed E-state index contributed by atoms with van der Waals surface area (Å²) in [6, 6.07) is 12.6. The van der Waals surface area contributed by atoms with Crippen LogP contribution in [0.2, 0.25) is 10.0 Å². The van der Waals surface area contributed by atoms with Crippen LogP contribution < -0.4 is 10.1 Å². The summed E-state index contributed by atoms with van der Waals surface area (Å²) in [5.74, 6) is 0.453. The highest BCUT2D eigenvalue weighted by molar-refractivity contribution is 8.18. The third-order valence-corrected chi connectivity index (χ3v) is 4.76. The lowest BCUT2D eigenvalue weighted by Crippen LogP contribution is -2.19. The Balaban J connectivity index is 1.86. The topological polar surface area (TPSA) is 50.7 Å². The predicted octanol–water partition coefficient (Wildman–Crippen LogP) is 5.28. The van der Waals surface area contributed by atoms with Gasteiger partial charge in [0.2, 0.25) is 0 Å². The van der Waals surface area contributed by atoms with E-state index < -0.39 is 0 Å². The molecule has 1 aliphatic heterocycles. The average Bonchev–Trinajstić information content (AvgIpc) is 2.92. The van der Waals surface area contributed by atoms with E-state index in [-0.39, 0.29) is 5.91 Å². The maximum absolute atomic E-state index is 12.2. The fourth-order valence-electron chi connectivity index (χ4n) is 2.18. The Kier molecular flexibility index (Phi) is 5.68. The zero-order chi connectivity index (χ0) is 17.8. The smallest absolute Gasteiger partial charge is 0.264 e. The van der Waals surface area contributed by atoms with Crippen molar-refractivity contribution in [3.05, 3.63) is 63.0 Å². The normalized spacial score (nSPS) is 17.2. The zero-order valence-corrected chi connectivity index (χ0v) is 15.6. The SMILES string of the molecule is CCOc1ccccc1N=C1NC(=O)C(=Cc2ccc(Cl)cc2Cl)S1. The molecule has 0 spiro atoms. The maximum Gasteiger partial charge on any atom is 0.264 e.